The zero-order valence-electron chi connectivity index (χ0n) is 10.1. The van der Waals surface area contributed by atoms with Crippen molar-refractivity contribution in [3.05, 3.63) is 0 Å². The van der Waals surface area contributed by atoms with Gasteiger partial charge in [0, 0.05) is 19.2 Å². The summed E-state index contributed by atoms with van der Waals surface area (Å²) >= 11 is 1.52. The van der Waals surface area contributed by atoms with Crippen LogP contribution in [-0.2, 0) is 9.59 Å². The zero-order valence-corrected chi connectivity index (χ0v) is 10.9. The number of rotatable bonds is 6. The Kier molecular flexibility index (Phi) is 5.47. The van der Waals surface area contributed by atoms with Crippen LogP contribution in [0.25, 0.3) is 0 Å². The highest BCUT2D eigenvalue weighted by Gasteiger charge is 2.25. The third-order valence-electron chi connectivity index (χ3n) is 2.66. The minimum absolute atomic E-state index is 0.0428. The molecular weight excluding hydrogens is 240 g/mol. The molecule has 1 rings (SSSR count). The minimum Gasteiger partial charge on any atom is -0.480 e. The molecule has 5 nitrogen and oxygen atoms in total. The van der Waals surface area contributed by atoms with Gasteiger partial charge in [-0.1, -0.05) is 6.92 Å². The summed E-state index contributed by atoms with van der Waals surface area (Å²) in [5, 5.41) is 12.3. The van der Waals surface area contributed by atoms with Crippen LogP contribution >= 0.6 is 11.8 Å². The smallest absolute Gasteiger partial charge is 0.329 e. The van der Waals surface area contributed by atoms with Crippen molar-refractivity contribution in [1.29, 1.82) is 0 Å². The second kappa shape index (κ2) is 6.64. The molecule has 6 heteroatoms. The molecular formula is C11H18N2O3S. The highest BCUT2D eigenvalue weighted by molar-refractivity contribution is 8.14. The maximum Gasteiger partial charge on any atom is 0.329 e. The molecule has 1 heterocycles. The van der Waals surface area contributed by atoms with Crippen LogP contribution in [-0.4, -0.2) is 40.9 Å². The Labute approximate surface area is 105 Å². The normalized spacial score (nSPS) is 20.8. The molecule has 1 unspecified atom stereocenters. The second-order valence-electron chi connectivity index (χ2n) is 4.21. The number of nitrogens with one attached hydrogen (secondary N) is 1. The molecule has 0 radical (unpaired) electrons. The number of nitrogens with zero attached hydrogens (tertiary/aromatic N) is 1. The van der Waals surface area contributed by atoms with Gasteiger partial charge in [0.15, 0.2) is 6.04 Å². The molecule has 2 atom stereocenters. The SMILES string of the molecule is CNC(=O)CC[C@H](C)CC1=NC(C(=O)O)CS1. The fourth-order valence-electron chi connectivity index (χ4n) is 1.56. The lowest BCUT2D eigenvalue weighted by atomic mass is 10.0. The van der Waals surface area contributed by atoms with Crippen LogP contribution in [0.5, 0.6) is 0 Å². The molecule has 96 valence electrons. The van der Waals surface area contributed by atoms with E-state index in [2.05, 4.69) is 17.2 Å². The number of carboxylic acid groups (broad SMARTS) is 1. The number of amides is 1. The average Bonchev–Trinajstić information content (AvgIpc) is 2.74. The van der Waals surface area contributed by atoms with Crippen molar-refractivity contribution < 1.29 is 14.7 Å². The quantitative estimate of drug-likeness (QED) is 0.748. The summed E-state index contributed by atoms with van der Waals surface area (Å²) in [6.45, 7) is 2.06. The first-order valence-corrected chi connectivity index (χ1v) is 6.64. The van der Waals surface area contributed by atoms with Crippen molar-refractivity contribution in [3.63, 3.8) is 0 Å². The summed E-state index contributed by atoms with van der Waals surface area (Å²) in [4.78, 5) is 25.9. The predicted molar refractivity (Wildman–Crippen MR) is 68.4 cm³/mol. The van der Waals surface area contributed by atoms with E-state index in [0.29, 0.717) is 18.1 Å². The van der Waals surface area contributed by atoms with Gasteiger partial charge in [-0.05, 0) is 18.8 Å². The summed E-state index contributed by atoms with van der Waals surface area (Å²) in [6, 6.07) is -0.582. The summed E-state index contributed by atoms with van der Waals surface area (Å²) in [6.07, 6.45) is 2.08. The van der Waals surface area contributed by atoms with Gasteiger partial charge in [-0.3, -0.25) is 9.79 Å². The first kappa shape index (κ1) is 14.0. The van der Waals surface area contributed by atoms with Crippen molar-refractivity contribution in [2.75, 3.05) is 12.8 Å². The topological polar surface area (TPSA) is 78.8 Å². The molecule has 0 saturated heterocycles. The summed E-state index contributed by atoms with van der Waals surface area (Å²) in [5.41, 5.74) is 0. The Morgan fingerprint density at radius 1 is 1.65 bits per heavy atom. The van der Waals surface area contributed by atoms with Crippen molar-refractivity contribution in [2.24, 2.45) is 10.9 Å². The standard InChI is InChI=1S/C11H18N2O3S/c1-7(3-4-9(14)12-2)5-10-13-8(6-17-10)11(15)16/h7-8H,3-6H2,1-2H3,(H,12,14)(H,15,16)/t7-,8?/m0/s1. The fourth-order valence-corrected chi connectivity index (χ4v) is 2.74. The van der Waals surface area contributed by atoms with Crippen LogP contribution in [0.2, 0.25) is 0 Å². The number of aliphatic carboxylic acids is 1. The van der Waals surface area contributed by atoms with Gasteiger partial charge in [0.05, 0.1) is 5.04 Å². The number of thioether (sulfide) groups is 1. The summed E-state index contributed by atoms with van der Waals surface area (Å²) < 4.78 is 0. The van der Waals surface area contributed by atoms with E-state index in [9.17, 15) is 9.59 Å². The molecule has 0 aromatic heterocycles. The molecule has 0 aromatic rings. The molecule has 2 N–H and O–H groups in total. The Morgan fingerprint density at radius 3 is 2.88 bits per heavy atom. The average molecular weight is 258 g/mol. The fraction of sp³-hybridized carbons (Fsp3) is 0.727. The number of hydrogen-bond acceptors (Lipinski definition) is 4. The highest BCUT2D eigenvalue weighted by atomic mass is 32.2. The number of carbonyl (C=O) groups excluding carboxylic acids is 1. The Balaban J connectivity index is 2.32. The van der Waals surface area contributed by atoms with Gasteiger partial charge in [-0.15, -0.1) is 11.8 Å². The molecule has 1 amide bonds. The monoisotopic (exact) mass is 258 g/mol. The van der Waals surface area contributed by atoms with E-state index in [1.165, 1.54) is 11.8 Å². The minimum atomic E-state index is -0.856. The third kappa shape index (κ3) is 4.77. The van der Waals surface area contributed by atoms with Crippen molar-refractivity contribution in [1.82, 2.24) is 5.32 Å². The molecule has 17 heavy (non-hydrogen) atoms. The van der Waals surface area contributed by atoms with Gasteiger partial charge >= 0.3 is 5.97 Å². The lowest BCUT2D eigenvalue weighted by Gasteiger charge is -2.09. The molecule has 0 aromatic carbocycles. The van der Waals surface area contributed by atoms with Crippen LogP contribution in [0.1, 0.15) is 26.2 Å². The van der Waals surface area contributed by atoms with Gasteiger partial charge in [0.1, 0.15) is 0 Å². The van der Waals surface area contributed by atoms with E-state index >= 15 is 0 Å². The Bertz CT molecular complexity index is 331. The van der Waals surface area contributed by atoms with E-state index in [-0.39, 0.29) is 5.91 Å². The molecule has 0 saturated carbocycles. The van der Waals surface area contributed by atoms with Crippen LogP contribution < -0.4 is 5.32 Å². The lowest BCUT2D eigenvalue weighted by molar-refractivity contribution is -0.137. The van der Waals surface area contributed by atoms with E-state index in [1.54, 1.807) is 7.05 Å². The zero-order chi connectivity index (χ0) is 12.8. The lowest BCUT2D eigenvalue weighted by Crippen LogP contribution is -2.18. The molecule has 1 aliphatic heterocycles. The van der Waals surface area contributed by atoms with Crippen LogP contribution in [0.3, 0.4) is 0 Å². The molecule has 0 spiro atoms. The second-order valence-corrected chi connectivity index (χ2v) is 5.30. The third-order valence-corrected chi connectivity index (χ3v) is 3.75. The number of carbonyl (C=O) groups is 2. The Morgan fingerprint density at radius 2 is 2.35 bits per heavy atom. The van der Waals surface area contributed by atoms with Gasteiger partial charge in [0.25, 0.3) is 0 Å². The van der Waals surface area contributed by atoms with Gasteiger partial charge in [0.2, 0.25) is 5.91 Å². The largest absolute Gasteiger partial charge is 0.480 e. The summed E-state index contributed by atoms with van der Waals surface area (Å²) in [5.74, 6) is 0.0743. The van der Waals surface area contributed by atoms with Gasteiger partial charge in [-0.2, -0.15) is 0 Å². The predicted octanol–water partition coefficient (Wildman–Crippen LogP) is 1.14. The van der Waals surface area contributed by atoms with E-state index < -0.39 is 12.0 Å². The first-order chi connectivity index (χ1) is 8.02. The number of aliphatic imine (C=N–C) groups is 1. The first-order valence-electron chi connectivity index (χ1n) is 5.65. The van der Waals surface area contributed by atoms with Gasteiger partial charge in [-0.25, -0.2) is 4.79 Å². The molecule has 1 aliphatic rings. The van der Waals surface area contributed by atoms with Crippen LogP contribution in [0.4, 0.5) is 0 Å². The van der Waals surface area contributed by atoms with E-state index in [1.807, 2.05) is 0 Å². The number of carboxylic acids is 1. The number of hydrogen-bond donors (Lipinski definition) is 2. The summed E-state index contributed by atoms with van der Waals surface area (Å²) in [7, 11) is 1.63. The maximum atomic E-state index is 11.1. The van der Waals surface area contributed by atoms with Crippen molar-refractivity contribution in [2.45, 2.75) is 32.2 Å². The van der Waals surface area contributed by atoms with Crippen LogP contribution in [0.15, 0.2) is 4.99 Å². The Hall–Kier alpha value is -1.04. The maximum absolute atomic E-state index is 11.1. The van der Waals surface area contributed by atoms with Crippen LogP contribution in [0, 0.1) is 5.92 Å². The van der Waals surface area contributed by atoms with E-state index in [4.69, 9.17) is 5.11 Å². The van der Waals surface area contributed by atoms with Crippen molar-refractivity contribution >= 4 is 28.7 Å². The van der Waals surface area contributed by atoms with E-state index in [0.717, 1.165) is 17.9 Å². The molecule has 0 fully saturated rings. The van der Waals surface area contributed by atoms with Gasteiger partial charge < -0.3 is 10.4 Å². The molecule has 0 aliphatic carbocycles. The highest BCUT2D eigenvalue weighted by Crippen LogP contribution is 2.24. The molecule has 0 bridgehead atoms. The van der Waals surface area contributed by atoms with Crippen molar-refractivity contribution in [3.8, 4) is 0 Å².